The van der Waals surface area contributed by atoms with Gasteiger partial charge in [-0.05, 0) is 59.7 Å². The summed E-state index contributed by atoms with van der Waals surface area (Å²) < 4.78 is 0. The molecule has 8 nitrogen and oxygen atoms in total. The molecule has 4 heterocycles. The summed E-state index contributed by atoms with van der Waals surface area (Å²) in [6.07, 6.45) is 8.43. The summed E-state index contributed by atoms with van der Waals surface area (Å²) in [6.45, 7) is 7.72. The van der Waals surface area contributed by atoms with Crippen LogP contribution >= 0.6 is 0 Å². The van der Waals surface area contributed by atoms with Crippen LogP contribution in [0.15, 0.2) is 55.2 Å². The molecule has 2 aromatic carbocycles. The van der Waals surface area contributed by atoms with E-state index >= 15 is 0 Å². The topological polar surface area (TPSA) is 103 Å². The highest BCUT2D eigenvalue weighted by atomic mass is 16.2. The van der Waals surface area contributed by atoms with E-state index in [1.165, 1.54) is 11.1 Å². The molecule has 8 heteroatoms. The fourth-order valence-electron chi connectivity index (χ4n) is 6.44. The molecule has 180 valence electrons. The van der Waals surface area contributed by atoms with Gasteiger partial charge < -0.3 is 14.9 Å². The lowest BCUT2D eigenvalue weighted by molar-refractivity contribution is -0.0261. The van der Waals surface area contributed by atoms with Crippen LogP contribution < -0.4 is 0 Å². The number of piperidine rings is 1. The van der Waals surface area contributed by atoms with Gasteiger partial charge in [0, 0.05) is 36.0 Å². The summed E-state index contributed by atoms with van der Waals surface area (Å²) in [7, 11) is 0. The Bertz CT molecular complexity index is 1650. The highest BCUT2D eigenvalue weighted by Gasteiger charge is 2.57. The molecule has 1 saturated heterocycles. The molecular formula is C28H27N7O. The Hall–Kier alpha value is -4.07. The van der Waals surface area contributed by atoms with Crippen molar-refractivity contribution in [3.63, 3.8) is 0 Å². The van der Waals surface area contributed by atoms with Crippen LogP contribution in [0.1, 0.15) is 48.7 Å². The van der Waals surface area contributed by atoms with E-state index in [0.29, 0.717) is 5.56 Å². The van der Waals surface area contributed by atoms with Gasteiger partial charge in [0.15, 0.2) is 5.82 Å². The maximum Gasteiger partial charge on any atom is 0.254 e. The van der Waals surface area contributed by atoms with Crippen molar-refractivity contribution in [3.05, 3.63) is 71.9 Å². The van der Waals surface area contributed by atoms with Crippen molar-refractivity contribution < 1.29 is 4.79 Å². The van der Waals surface area contributed by atoms with Gasteiger partial charge >= 0.3 is 0 Å². The predicted molar refractivity (Wildman–Crippen MR) is 137 cm³/mol. The maximum absolute atomic E-state index is 13.8. The average molecular weight is 478 g/mol. The zero-order chi connectivity index (χ0) is 24.7. The van der Waals surface area contributed by atoms with Gasteiger partial charge in [-0.3, -0.25) is 9.78 Å². The van der Waals surface area contributed by atoms with E-state index in [-0.39, 0.29) is 22.8 Å². The van der Waals surface area contributed by atoms with Crippen molar-refractivity contribution in [3.8, 4) is 11.5 Å². The highest BCUT2D eigenvalue weighted by Crippen LogP contribution is 2.56. The molecule has 1 aliphatic heterocycles. The van der Waals surface area contributed by atoms with Crippen molar-refractivity contribution in [2.75, 3.05) is 6.54 Å². The smallest absolute Gasteiger partial charge is 0.254 e. The average Bonchev–Trinajstić information content (AvgIpc) is 3.52. The predicted octanol–water partition coefficient (Wildman–Crippen LogP) is 4.65. The zero-order valence-corrected chi connectivity index (χ0v) is 20.5. The molecule has 0 radical (unpaired) electrons. The Kier molecular flexibility index (Phi) is 4.26. The van der Waals surface area contributed by atoms with E-state index in [0.717, 1.165) is 53.0 Å². The van der Waals surface area contributed by atoms with Crippen LogP contribution in [0.5, 0.6) is 0 Å². The Morgan fingerprint density at radius 2 is 1.94 bits per heavy atom. The summed E-state index contributed by atoms with van der Waals surface area (Å²) in [5.74, 6) is 0.807. The number of imidazole rings is 2. The van der Waals surface area contributed by atoms with E-state index in [2.05, 4.69) is 62.7 Å². The number of nitrogens with one attached hydrogen (secondary N) is 2. The van der Waals surface area contributed by atoms with Crippen LogP contribution in [0, 0.1) is 5.41 Å². The van der Waals surface area contributed by atoms with Crippen LogP contribution in [0.4, 0.5) is 0 Å². The molecule has 2 atom stereocenters. The number of H-pyrrole nitrogens is 2. The molecule has 36 heavy (non-hydrogen) atoms. The highest BCUT2D eigenvalue weighted by molar-refractivity contribution is 5.97. The lowest BCUT2D eigenvalue weighted by Crippen LogP contribution is -2.64. The third kappa shape index (κ3) is 2.84. The van der Waals surface area contributed by atoms with Crippen LogP contribution in [0.3, 0.4) is 0 Å². The van der Waals surface area contributed by atoms with Crippen molar-refractivity contribution in [2.45, 2.75) is 45.1 Å². The van der Waals surface area contributed by atoms with Gasteiger partial charge in [0.1, 0.15) is 5.69 Å². The van der Waals surface area contributed by atoms with Crippen molar-refractivity contribution in [2.24, 2.45) is 5.41 Å². The minimum atomic E-state index is -0.107. The van der Waals surface area contributed by atoms with Gasteiger partial charge in [-0.15, -0.1) is 0 Å². The number of rotatable bonds is 2. The molecule has 2 aliphatic rings. The molecular weight excluding hydrogens is 450 g/mol. The normalized spacial score (nSPS) is 22.6. The third-order valence-corrected chi connectivity index (χ3v) is 8.93. The van der Waals surface area contributed by atoms with Gasteiger partial charge in [-0.2, -0.15) is 0 Å². The summed E-state index contributed by atoms with van der Waals surface area (Å²) in [4.78, 5) is 40.2. The summed E-state index contributed by atoms with van der Waals surface area (Å²) in [5, 5.41) is 0. The lowest BCUT2D eigenvalue weighted by Gasteiger charge is -2.60. The van der Waals surface area contributed by atoms with E-state index < -0.39 is 0 Å². The first-order chi connectivity index (χ1) is 17.3. The Morgan fingerprint density at radius 1 is 1.06 bits per heavy atom. The van der Waals surface area contributed by atoms with Crippen molar-refractivity contribution in [1.82, 2.24) is 34.8 Å². The second-order valence-corrected chi connectivity index (χ2v) is 10.9. The summed E-state index contributed by atoms with van der Waals surface area (Å²) >= 11 is 0. The number of aromatic nitrogens is 6. The summed E-state index contributed by atoms with van der Waals surface area (Å²) in [6, 6.07) is 10.3. The summed E-state index contributed by atoms with van der Waals surface area (Å²) in [5.41, 5.74) is 7.56. The molecule has 1 amide bonds. The van der Waals surface area contributed by atoms with E-state index in [4.69, 9.17) is 4.98 Å². The van der Waals surface area contributed by atoms with Gasteiger partial charge in [-0.25, -0.2) is 15.0 Å². The van der Waals surface area contributed by atoms with E-state index in [1.807, 2.05) is 18.2 Å². The van der Waals surface area contributed by atoms with E-state index in [1.54, 1.807) is 24.9 Å². The molecule has 0 saturated carbocycles. The Balaban J connectivity index is 1.30. The fraction of sp³-hybridized carbons (Fsp3) is 0.321. The monoisotopic (exact) mass is 477 g/mol. The van der Waals surface area contributed by atoms with Crippen LogP contribution in [0.25, 0.3) is 33.6 Å². The molecule has 2 bridgehead atoms. The first-order valence-corrected chi connectivity index (χ1v) is 12.4. The van der Waals surface area contributed by atoms with Crippen molar-refractivity contribution in [1.29, 1.82) is 0 Å². The second kappa shape index (κ2) is 7.22. The molecule has 3 aromatic heterocycles. The van der Waals surface area contributed by atoms with Gasteiger partial charge in [0.2, 0.25) is 0 Å². The van der Waals surface area contributed by atoms with Gasteiger partial charge in [0.05, 0.1) is 34.6 Å². The number of benzene rings is 2. The van der Waals surface area contributed by atoms with Crippen LogP contribution in [-0.2, 0) is 11.8 Å². The molecule has 5 aromatic rings. The largest absolute Gasteiger partial charge is 0.345 e. The standard InChI is InChI=1S/C28H27N7O/c1-27(2)24-12-17-11-21-22(34-25(33-21)23-14-29-7-8-30-23)13-18(17)28(27,3)6-9-35(24)26(36)16-4-5-19-20(10-16)32-15-31-19/h4-5,7-8,10-11,13-15,24H,6,9,12H2,1-3H3,(H,31,32)(H,33,34). The Morgan fingerprint density at radius 3 is 2.78 bits per heavy atom. The first kappa shape index (κ1) is 21.2. The lowest BCUT2D eigenvalue weighted by atomic mass is 9.51. The fourth-order valence-corrected chi connectivity index (χ4v) is 6.44. The number of fused-ring (bicyclic) bond motifs is 6. The molecule has 7 rings (SSSR count). The molecule has 2 N–H and O–H groups in total. The van der Waals surface area contributed by atoms with Gasteiger partial charge in [0.25, 0.3) is 5.91 Å². The SMILES string of the molecule is CC12CCN(C(=O)c3ccc4nc[nH]c4c3)C(Cc3cc4[nH]c(-c5cnccn5)nc4cc31)C2(C)C. The van der Waals surface area contributed by atoms with E-state index in [9.17, 15) is 4.79 Å². The maximum atomic E-state index is 13.8. The zero-order valence-electron chi connectivity index (χ0n) is 20.5. The number of likely N-dealkylation sites (tertiary alicyclic amines) is 1. The van der Waals surface area contributed by atoms with Crippen LogP contribution in [0.2, 0.25) is 0 Å². The van der Waals surface area contributed by atoms with Crippen LogP contribution in [-0.4, -0.2) is 53.3 Å². The quantitative estimate of drug-likeness (QED) is 0.385. The molecule has 0 spiro atoms. The molecule has 1 fully saturated rings. The first-order valence-electron chi connectivity index (χ1n) is 12.4. The Labute approximate surface area is 208 Å². The number of nitrogens with zero attached hydrogens (tertiary/aromatic N) is 5. The number of carbonyl (C=O) groups is 1. The minimum Gasteiger partial charge on any atom is -0.345 e. The number of aromatic amines is 2. The number of hydrogen-bond donors (Lipinski definition) is 2. The third-order valence-electron chi connectivity index (χ3n) is 8.93. The number of carbonyl (C=O) groups excluding carboxylic acids is 1. The second-order valence-electron chi connectivity index (χ2n) is 10.9. The minimum absolute atomic E-state index is 0.0742. The number of hydrogen-bond acceptors (Lipinski definition) is 5. The number of amides is 1. The van der Waals surface area contributed by atoms with Crippen molar-refractivity contribution >= 4 is 28.0 Å². The van der Waals surface area contributed by atoms with Gasteiger partial charge in [-0.1, -0.05) is 20.8 Å². The molecule has 2 unspecified atom stereocenters. The molecule has 1 aliphatic carbocycles.